The van der Waals surface area contributed by atoms with Gasteiger partial charge in [0.2, 0.25) is 0 Å². The highest BCUT2D eigenvalue weighted by Gasteiger charge is 2.36. The summed E-state index contributed by atoms with van der Waals surface area (Å²) in [6, 6.07) is 0. The van der Waals surface area contributed by atoms with Crippen LogP contribution in [0, 0.1) is 23.7 Å². The van der Waals surface area contributed by atoms with Gasteiger partial charge >= 0.3 is 0 Å². The number of rotatable bonds is 2. The van der Waals surface area contributed by atoms with E-state index in [2.05, 4.69) is 32.9 Å². The van der Waals surface area contributed by atoms with Crippen LogP contribution in [0.3, 0.4) is 0 Å². The Morgan fingerprint density at radius 1 is 1.44 bits per heavy atom. The molecule has 3 unspecified atom stereocenters. The molecular weight excluding hydrogens is 196 g/mol. The van der Waals surface area contributed by atoms with E-state index in [0.29, 0.717) is 17.8 Å². The van der Waals surface area contributed by atoms with Crippen molar-refractivity contribution in [2.24, 2.45) is 23.7 Å². The number of carbonyl (C=O) groups excluding carboxylic acids is 1. The topological polar surface area (TPSA) is 17.1 Å². The van der Waals surface area contributed by atoms with E-state index in [1.807, 2.05) is 0 Å². The Bertz CT molecular complexity index is 335. The monoisotopic (exact) mass is 218 g/mol. The van der Waals surface area contributed by atoms with Crippen LogP contribution in [0.2, 0.25) is 0 Å². The van der Waals surface area contributed by atoms with Crippen LogP contribution < -0.4 is 0 Å². The molecule has 2 aliphatic carbocycles. The third-order valence-electron chi connectivity index (χ3n) is 4.33. The summed E-state index contributed by atoms with van der Waals surface area (Å²) < 4.78 is 0. The Morgan fingerprint density at radius 3 is 2.81 bits per heavy atom. The lowest BCUT2D eigenvalue weighted by molar-refractivity contribution is -0.105. The summed E-state index contributed by atoms with van der Waals surface area (Å²) in [5, 5.41) is 0. The van der Waals surface area contributed by atoms with Gasteiger partial charge in [-0.2, -0.15) is 0 Å². The summed E-state index contributed by atoms with van der Waals surface area (Å²) >= 11 is 0. The molecule has 1 heteroatoms. The minimum Gasteiger partial charge on any atom is -0.298 e. The molecule has 0 aromatic carbocycles. The average Bonchev–Trinajstić information content (AvgIpc) is 2.26. The third kappa shape index (κ3) is 2.00. The molecular formula is C15H22O. The summed E-state index contributed by atoms with van der Waals surface area (Å²) in [5.74, 6) is 2.55. The SMILES string of the molecule is CC1=CC2C(CC1)C(C=O)=CCC2C(C)C. The van der Waals surface area contributed by atoms with Crippen molar-refractivity contribution in [2.45, 2.75) is 40.0 Å². The van der Waals surface area contributed by atoms with Gasteiger partial charge in [0.1, 0.15) is 6.29 Å². The van der Waals surface area contributed by atoms with Gasteiger partial charge in [0, 0.05) is 0 Å². The molecule has 16 heavy (non-hydrogen) atoms. The average molecular weight is 218 g/mol. The highest BCUT2D eigenvalue weighted by Crippen LogP contribution is 2.44. The van der Waals surface area contributed by atoms with E-state index in [9.17, 15) is 4.79 Å². The maximum atomic E-state index is 11.1. The van der Waals surface area contributed by atoms with E-state index in [-0.39, 0.29) is 0 Å². The van der Waals surface area contributed by atoms with Crippen LogP contribution in [0.4, 0.5) is 0 Å². The number of allylic oxidation sites excluding steroid dienone is 4. The van der Waals surface area contributed by atoms with Crippen LogP contribution in [-0.2, 0) is 4.79 Å². The van der Waals surface area contributed by atoms with Crippen LogP contribution in [0.15, 0.2) is 23.3 Å². The molecule has 2 rings (SSSR count). The quantitative estimate of drug-likeness (QED) is 0.509. The molecule has 0 saturated carbocycles. The molecule has 0 saturated heterocycles. The number of hydrogen-bond donors (Lipinski definition) is 0. The molecule has 0 N–H and O–H groups in total. The first-order chi connectivity index (χ1) is 7.63. The van der Waals surface area contributed by atoms with Gasteiger partial charge in [0.25, 0.3) is 0 Å². The Hall–Kier alpha value is -0.850. The Morgan fingerprint density at radius 2 is 2.19 bits per heavy atom. The molecule has 0 aromatic heterocycles. The highest BCUT2D eigenvalue weighted by molar-refractivity contribution is 5.74. The zero-order valence-corrected chi connectivity index (χ0v) is 10.6. The van der Waals surface area contributed by atoms with Crippen molar-refractivity contribution in [3.05, 3.63) is 23.3 Å². The van der Waals surface area contributed by atoms with Gasteiger partial charge < -0.3 is 0 Å². The fraction of sp³-hybridized carbons (Fsp3) is 0.667. The number of carbonyl (C=O) groups is 1. The molecule has 0 radical (unpaired) electrons. The van der Waals surface area contributed by atoms with Gasteiger partial charge in [0.05, 0.1) is 0 Å². The predicted molar refractivity (Wildman–Crippen MR) is 67.1 cm³/mol. The third-order valence-corrected chi connectivity index (χ3v) is 4.33. The van der Waals surface area contributed by atoms with Gasteiger partial charge in [-0.15, -0.1) is 0 Å². The lowest BCUT2D eigenvalue weighted by Gasteiger charge is -2.40. The van der Waals surface area contributed by atoms with Crippen molar-refractivity contribution in [1.82, 2.24) is 0 Å². The second-order valence-corrected chi connectivity index (χ2v) is 5.70. The van der Waals surface area contributed by atoms with Crippen LogP contribution in [-0.4, -0.2) is 6.29 Å². The molecule has 88 valence electrons. The normalized spacial score (nSPS) is 34.1. The van der Waals surface area contributed by atoms with Crippen LogP contribution in [0.25, 0.3) is 0 Å². The summed E-state index contributed by atoms with van der Waals surface area (Å²) in [4.78, 5) is 11.1. The molecule has 0 heterocycles. The number of fused-ring (bicyclic) bond motifs is 1. The van der Waals surface area contributed by atoms with Crippen molar-refractivity contribution in [2.75, 3.05) is 0 Å². The van der Waals surface area contributed by atoms with Crippen LogP contribution >= 0.6 is 0 Å². The van der Waals surface area contributed by atoms with E-state index in [0.717, 1.165) is 30.6 Å². The van der Waals surface area contributed by atoms with E-state index >= 15 is 0 Å². The van der Waals surface area contributed by atoms with Gasteiger partial charge in [-0.25, -0.2) is 0 Å². The molecule has 0 fully saturated rings. The fourth-order valence-electron chi connectivity index (χ4n) is 3.35. The van der Waals surface area contributed by atoms with Crippen LogP contribution in [0.1, 0.15) is 40.0 Å². The minimum absolute atomic E-state index is 0.502. The van der Waals surface area contributed by atoms with E-state index < -0.39 is 0 Å². The van der Waals surface area contributed by atoms with Crippen molar-refractivity contribution in [3.8, 4) is 0 Å². The molecule has 0 aromatic rings. The van der Waals surface area contributed by atoms with E-state index in [4.69, 9.17) is 0 Å². The zero-order valence-electron chi connectivity index (χ0n) is 10.6. The lowest BCUT2D eigenvalue weighted by atomic mass is 9.64. The molecule has 0 bridgehead atoms. The molecule has 0 aliphatic heterocycles. The number of hydrogen-bond acceptors (Lipinski definition) is 1. The van der Waals surface area contributed by atoms with Crippen molar-refractivity contribution in [3.63, 3.8) is 0 Å². The van der Waals surface area contributed by atoms with Crippen molar-refractivity contribution in [1.29, 1.82) is 0 Å². The Balaban J connectivity index is 2.32. The molecule has 3 atom stereocenters. The maximum Gasteiger partial charge on any atom is 0.146 e. The van der Waals surface area contributed by atoms with Crippen molar-refractivity contribution >= 4 is 6.29 Å². The first-order valence-electron chi connectivity index (χ1n) is 6.46. The van der Waals surface area contributed by atoms with E-state index in [1.54, 1.807) is 0 Å². The molecule has 2 aliphatic rings. The Kier molecular flexibility index (Phi) is 3.32. The lowest BCUT2D eigenvalue weighted by Crippen LogP contribution is -2.32. The highest BCUT2D eigenvalue weighted by atomic mass is 16.1. The molecule has 1 nitrogen and oxygen atoms in total. The Labute approximate surface area is 98.6 Å². The summed E-state index contributed by atoms with van der Waals surface area (Å²) in [7, 11) is 0. The first-order valence-corrected chi connectivity index (χ1v) is 6.46. The molecule has 0 spiro atoms. The first kappa shape index (κ1) is 11.6. The largest absolute Gasteiger partial charge is 0.298 e. The van der Waals surface area contributed by atoms with Crippen molar-refractivity contribution < 1.29 is 4.79 Å². The maximum absolute atomic E-state index is 11.1. The summed E-state index contributed by atoms with van der Waals surface area (Å²) in [6.07, 6.45) is 9.13. The van der Waals surface area contributed by atoms with Gasteiger partial charge in [-0.05, 0) is 55.4 Å². The molecule has 0 amide bonds. The van der Waals surface area contributed by atoms with Gasteiger partial charge in [-0.1, -0.05) is 31.6 Å². The summed E-state index contributed by atoms with van der Waals surface area (Å²) in [6.45, 7) is 6.84. The summed E-state index contributed by atoms with van der Waals surface area (Å²) in [5.41, 5.74) is 2.57. The second-order valence-electron chi connectivity index (χ2n) is 5.70. The fourth-order valence-corrected chi connectivity index (χ4v) is 3.35. The predicted octanol–water partition coefficient (Wildman–Crippen LogP) is 3.76. The smallest absolute Gasteiger partial charge is 0.146 e. The number of aldehydes is 1. The van der Waals surface area contributed by atoms with Crippen LogP contribution in [0.5, 0.6) is 0 Å². The van der Waals surface area contributed by atoms with Gasteiger partial charge in [0.15, 0.2) is 0 Å². The van der Waals surface area contributed by atoms with E-state index in [1.165, 1.54) is 12.0 Å². The standard InChI is InChI=1S/C15H22O/c1-10(2)13-7-5-12(9-16)14-6-4-11(3)8-15(13)14/h5,8-10,13-15H,4,6-7H2,1-3H3. The minimum atomic E-state index is 0.502. The zero-order chi connectivity index (χ0) is 11.7. The second kappa shape index (κ2) is 4.57. The van der Waals surface area contributed by atoms with Gasteiger partial charge in [-0.3, -0.25) is 4.79 Å².